The first-order chi connectivity index (χ1) is 9.15. The predicted molar refractivity (Wildman–Crippen MR) is 77.0 cm³/mol. The van der Waals surface area contributed by atoms with Crippen molar-refractivity contribution in [2.24, 2.45) is 0 Å². The Hall–Kier alpha value is -1.55. The Morgan fingerprint density at radius 3 is 3.00 bits per heavy atom. The van der Waals surface area contributed by atoms with Crippen LogP contribution in [0, 0.1) is 6.92 Å². The van der Waals surface area contributed by atoms with Crippen LogP contribution in [0.15, 0.2) is 18.2 Å². The number of hydrogen-bond donors (Lipinski definition) is 2. The van der Waals surface area contributed by atoms with E-state index in [2.05, 4.69) is 5.32 Å². The zero-order valence-corrected chi connectivity index (χ0v) is 11.4. The van der Waals surface area contributed by atoms with Crippen molar-refractivity contribution in [3.63, 3.8) is 0 Å². The smallest absolute Gasteiger partial charge is 0.224 e. The van der Waals surface area contributed by atoms with Crippen LogP contribution in [0.3, 0.4) is 0 Å². The van der Waals surface area contributed by atoms with Gasteiger partial charge in [-0.25, -0.2) is 0 Å². The quantitative estimate of drug-likeness (QED) is 0.820. The normalized spacial score (nSPS) is 19.1. The number of amides is 1. The lowest BCUT2D eigenvalue weighted by Gasteiger charge is -2.22. The second-order valence-corrected chi connectivity index (χ2v) is 5.15. The summed E-state index contributed by atoms with van der Waals surface area (Å²) in [5, 5.41) is 2.88. The van der Waals surface area contributed by atoms with E-state index in [-0.39, 0.29) is 12.0 Å². The minimum atomic E-state index is 0.0254. The summed E-state index contributed by atoms with van der Waals surface area (Å²) in [6.45, 7) is 2.78. The fourth-order valence-corrected chi connectivity index (χ4v) is 2.27. The molecule has 0 saturated carbocycles. The van der Waals surface area contributed by atoms with E-state index in [1.165, 1.54) is 6.42 Å². The van der Waals surface area contributed by atoms with Crippen molar-refractivity contribution in [2.45, 2.75) is 45.1 Å². The van der Waals surface area contributed by atoms with Gasteiger partial charge >= 0.3 is 0 Å². The van der Waals surface area contributed by atoms with Crippen LogP contribution in [-0.2, 0) is 9.53 Å². The van der Waals surface area contributed by atoms with E-state index in [1.54, 1.807) is 6.07 Å². The van der Waals surface area contributed by atoms with E-state index in [0.717, 1.165) is 37.1 Å². The highest BCUT2D eigenvalue weighted by atomic mass is 16.5. The summed E-state index contributed by atoms with van der Waals surface area (Å²) in [5.74, 6) is 0.0254. The minimum Gasteiger partial charge on any atom is -0.398 e. The van der Waals surface area contributed by atoms with Crippen molar-refractivity contribution in [3.8, 4) is 0 Å². The number of carbonyl (C=O) groups is 1. The molecule has 1 saturated heterocycles. The van der Waals surface area contributed by atoms with E-state index in [4.69, 9.17) is 10.5 Å². The summed E-state index contributed by atoms with van der Waals surface area (Å²) < 4.78 is 5.61. The lowest BCUT2D eigenvalue weighted by molar-refractivity contribution is -0.117. The van der Waals surface area contributed by atoms with Gasteiger partial charge in [0.2, 0.25) is 5.91 Å². The van der Waals surface area contributed by atoms with Crippen molar-refractivity contribution in [3.05, 3.63) is 23.8 Å². The third-order valence-corrected chi connectivity index (χ3v) is 3.53. The van der Waals surface area contributed by atoms with Gasteiger partial charge in [-0.15, -0.1) is 0 Å². The van der Waals surface area contributed by atoms with Gasteiger partial charge in [-0.3, -0.25) is 4.79 Å². The Labute approximate surface area is 114 Å². The van der Waals surface area contributed by atoms with Crippen molar-refractivity contribution >= 4 is 17.3 Å². The third-order valence-electron chi connectivity index (χ3n) is 3.53. The molecule has 104 valence electrons. The average molecular weight is 262 g/mol. The molecular weight excluding hydrogens is 240 g/mol. The molecule has 3 N–H and O–H groups in total. The van der Waals surface area contributed by atoms with Gasteiger partial charge in [0.05, 0.1) is 6.10 Å². The van der Waals surface area contributed by atoms with Gasteiger partial charge in [0.15, 0.2) is 0 Å². The number of aryl methyl sites for hydroxylation is 1. The molecule has 1 fully saturated rings. The average Bonchev–Trinajstić information content (AvgIpc) is 2.42. The molecule has 0 aliphatic carbocycles. The van der Waals surface area contributed by atoms with Gasteiger partial charge in [0.1, 0.15) is 0 Å². The van der Waals surface area contributed by atoms with Crippen LogP contribution in [0.25, 0.3) is 0 Å². The number of hydrogen-bond acceptors (Lipinski definition) is 3. The summed E-state index contributed by atoms with van der Waals surface area (Å²) in [6.07, 6.45) is 4.98. The first kappa shape index (κ1) is 13.9. The number of carbonyl (C=O) groups excluding carboxylic acids is 1. The minimum absolute atomic E-state index is 0.0254. The van der Waals surface area contributed by atoms with Crippen LogP contribution in [-0.4, -0.2) is 18.6 Å². The lowest BCUT2D eigenvalue weighted by Crippen LogP contribution is -2.21. The molecule has 4 nitrogen and oxygen atoms in total. The van der Waals surface area contributed by atoms with Crippen molar-refractivity contribution in [1.29, 1.82) is 0 Å². The van der Waals surface area contributed by atoms with Crippen LogP contribution in [0.2, 0.25) is 0 Å². The third kappa shape index (κ3) is 4.24. The second-order valence-electron chi connectivity index (χ2n) is 5.15. The number of nitrogens with one attached hydrogen (secondary N) is 1. The van der Waals surface area contributed by atoms with E-state index >= 15 is 0 Å². The zero-order valence-electron chi connectivity index (χ0n) is 11.4. The molecule has 1 aliphatic heterocycles. The molecule has 1 amide bonds. The molecule has 2 rings (SSSR count). The molecule has 4 heteroatoms. The number of ether oxygens (including phenoxy) is 1. The first-order valence-corrected chi connectivity index (χ1v) is 6.93. The Bertz CT molecular complexity index is 440. The summed E-state index contributed by atoms with van der Waals surface area (Å²) in [7, 11) is 0. The summed E-state index contributed by atoms with van der Waals surface area (Å²) in [4.78, 5) is 11.8. The molecule has 0 spiro atoms. The Morgan fingerprint density at radius 2 is 2.32 bits per heavy atom. The molecule has 0 aromatic heterocycles. The SMILES string of the molecule is Cc1ccc(NC(=O)CCC2CCCCO2)cc1N. The highest BCUT2D eigenvalue weighted by Crippen LogP contribution is 2.19. The monoisotopic (exact) mass is 262 g/mol. The Balaban J connectivity index is 1.78. The molecular formula is C15H22N2O2. The van der Waals surface area contributed by atoms with E-state index in [0.29, 0.717) is 12.1 Å². The molecule has 1 unspecified atom stereocenters. The van der Waals surface area contributed by atoms with Gasteiger partial charge in [0.25, 0.3) is 0 Å². The van der Waals surface area contributed by atoms with Crippen LogP contribution in [0.4, 0.5) is 11.4 Å². The Morgan fingerprint density at radius 1 is 1.47 bits per heavy atom. The number of nitrogens with two attached hydrogens (primary N) is 1. The maximum atomic E-state index is 11.8. The fourth-order valence-electron chi connectivity index (χ4n) is 2.27. The number of rotatable bonds is 4. The number of anilines is 2. The van der Waals surface area contributed by atoms with Crippen LogP contribution < -0.4 is 11.1 Å². The van der Waals surface area contributed by atoms with Crippen LogP contribution in [0.5, 0.6) is 0 Å². The largest absolute Gasteiger partial charge is 0.398 e. The van der Waals surface area contributed by atoms with Gasteiger partial charge in [-0.05, 0) is 50.3 Å². The van der Waals surface area contributed by atoms with E-state index in [9.17, 15) is 4.79 Å². The first-order valence-electron chi connectivity index (χ1n) is 6.93. The highest BCUT2D eigenvalue weighted by molar-refractivity contribution is 5.91. The summed E-state index contributed by atoms with van der Waals surface area (Å²) >= 11 is 0. The number of benzene rings is 1. The van der Waals surface area contributed by atoms with Gasteiger partial charge in [-0.2, -0.15) is 0 Å². The summed E-state index contributed by atoms with van der Waals surface area (Å²) in [6, 6.07) is 5.58. The molecule has 0 bridgehead atoms. The Kier molecular flexibility index (Phi) is 4.80. The fraction of sp³-hybridized carbons (Fsp3) is 0.533. The molecule has 1 aromatic carbocycles. The van der Waals surface area contributed by atoms with Gasteiger partial charge in [0, 0.05) is 24.4 Å². The lowest BCUT2D eigenvalue weighted by atomic mass is 10.0. The second kappa shape index (κ2) is 6.57. The maximum absolute atomic E-state index is 11.8. The van der Waals surface area contributed by atoms with Gasteiger partial charge < -0.3 is 15.8 Å². The summed E-state index contributed by atoms with van der Waals surface area (Å²) in [5.41, 5.74) is 8.30. The highest BCUT2D eigenvalue weighted by Gasteiger charge is 2.15. The zero-order chi connectivity index (χ0) is 13.7. The van der Waals surface area contributed by atoms with E-state index < -0.39 is 0 Å². The molecule has 1 aliphatic rings. The van der Waals surface area contributed by atoms with Crippen molar-refractivity contribution in [1.82, 2.24) is 0 Å². The van der Waals surface area contributed by atoms with Gasteiger partial charge in [-0.1, -0.05) is 6.07 Å². The van der Waals surface area contributed by atoms with Crippen molar-refractivity contribution < 1.29 is 9.53 Å². The van der Waals surface area contributed by atoms with Crippen LogP contribution in [0.1, 0.15) is 37.7 Å². The van der Waals surface area contributed by atoms with Crippen LogP contribution >= 0.6 is 0 Å². The predicted octanol–water partition coefficient (Wildman–Crippen LogP) is 2.87. The number of nitrogen functional groups attached to an aromatic ring is 1. The molecule has 1 heterocycles. The van der Waals surface area contributed by atoms with E-state index in [1.807, 2.05) is 19.1 Å². The molecule has 1 atom stereocenters. The topological polar surface area (TPSA) is 64.3 Å². The molecule has 1 aromatic rings. The molecule has 19 heavy (non-hydrogen) atoms. The van der Waals surface area contributed by atoms with Crippen molar-refractivity contribution in [2.75, 3.05) is 17.7 Å². The molecule has 0 radical (unpaired) electrons. The maximum Gasteiger partial charge on any atom is 0.224 e. The standard InChI is InChI=1S/C15H22N2O2/c1-11-5-6-12(10-14(11)16)17-15(18)8-7-13-4-2-3-9-19-13/h5-6,10,13H,2-4,7-9,16H2,1H3,(H,17,18).